The predicted molar refractivity (Wildman–Crippen MR) is 209 cm³/mol. The second kappa shape index (κ2) is 16.3. The minimum Gasteiger partial charge on any atom is -1.00 e. The molecule has 6 aromatic carbocycles. The van der Waals surface area contributed by atoms with E-state index < -0.39 is 38.9 Å². The fraction of sp³-hybridized carbons (Fsp3) is 0.0889. The Morgan fingerprint density at radius 3 is 0.980 bits per heavy atom. The van der Waals surface area contributed by atoms with Crippen LogP contribution in [0.2, 0.25) is 0 Å². The van der Waals surface area contributed by atoms with Gasteiger partial charge in [0.1, 0.15) is 0 Å². The average Bonchev–Trinajstić information content (AvgIpc) is 3.70. The molecule has 0 nitrogen and oxygen atoms in total. The van der Waals surface area contributed by atoms with Crippen molar-refractivity contribution in [3.05, 3.63) is 204 Å². The van der Waals surface area contributed by atoms with Gasteiger partial charge in [-0.15, -0.1) is 0 Å². The number of fused-ring (bicyclic) bond motifs is 2. The fourth-order valence-electron chi connectivity index (χ4n) is 8.30. The molecular weight excluding hydrogens is 759 g/mol. The van der Waals surface area contributed by atoms with Gasteiger partial charge in [-0.1, -0.05) is 0 Å². The summed E-state index contributed by atoms with van der Waals surface area (Å²) in [5.41, 5.74) is 6.16. The van der Waals surface area contributed by atoms with Crippen LogP contribution in [-0.4, -0.2) is 20.8 Å². The summed E-state index contributed by atoms with van der Waals surface area (Å²) in [5, 5.41) is 9.23. The zero-order valence-corrected chi connectivity index (χ0v) is 34.7. The van der Waals surface area contributed by atoms with Crippen molar-refractivity contribution in [1.82, 2.24) is 0 Å². The molecule has 0 saturated carbocycles. The maximum Gasteiger partial charge on any atom is -1.00 e. The van der Waals surface area contributed by atoms with E-state index in [2.05, 4.69) is 196 Å². The summed E-state index contributed by atoms with van der Waals surface area (Å²) >= 11 is -2.43. The Kier molecular flexibility index (Phi) is 11.8. The van der Waals surface area contributed by atoms with E-state index in [9.17, 15) is 0 Å². The molecule has 50 heavy (non-hydrogen) atoms. The third-order valence-corrected chi connectivity index (χ3v) is 25.2. The summed E-state index contributed by atoms with van der Waals surface area (Å²) < 4.78 is 2.71. The van der Waals surface area contributed by atoms with E-state index in [1.807, 2.05) is 0 Å². The van der Waals surface area contributed by atoms with Crippen LogP contribution in [0.3, 0.4) is 0 Å². The molecule has 2 aliphatic rings. The molecule has 0 amide bonds. The third-order valence-electron chi connectivity index (χ3n) is 10.3. The van der Waals surface area contributed by atoms with Crippen molar-refractivity contribution in [2.24, 2.45) is 0 Å². The van der Waals surface area contributed by atoms with E-state index >= 15 is 0 Å². The Balaban J connectivity index is 0.00000216. The van der Waals surface area contributed by atoms with Crippen LogP contribution in [0, 0.1) is 0 Å². The summed E-state index contributed by atoms with van der Waals surface area (Å²) in [7, 11) is -3.38. The second-order valence-corrected chi connectivity index (χ2v) is 26.7. The Morgan fingerprint density at radius 1 is 0.400 bits per heavy atom. The van der Waals surface area contributed by atoms with Gasteiger partial charge >= 0.3 is 299 Å². The monoisotopic (exact) mass is 796 g/mol. The number of benzene rings is 6. The Labute approximate surface area is 320 Å². The van der Waals surface area contributed by atoms with Gasteiger partial charge < -0.3 is 24.8 Å². The van der Waals surface area contributed by atoms with E-state index in [-0.39, 0.29) is 24.8 Å². The van der Waals surface area contributed by atoms with Crippen LogP contribution in [0.25, 0.3) is 10.4 Å². The molecule has 0 aliphatic heterocycles. The first-order valence-electron chi connectivity index (χ1n) is 17.2. The summed E-state index contributed by atoms with van der Waals surface area (Å²) in [5.74, 6) is 0. The molecule has 246 valence electrons. The smallest absolute Gasteiger partial charge is 1.00 e. The maximum atomic E-state index is 2.79. The normalized spacial score (nSPS) is 15.5. The van der Waals surface area contributed by atoms with Gasteiger partial charge in [0, 0.05) is 0 Å². The second-order valence-electron chi connectivity index (χ2n) is 13.3. The van der Waals surface area contributed by atoms with Crippen LogP contribution in [0.5, 0.6) is 0 Å². The quantitative estimate of drug-likeness (QED) is 0.204. The maximum absolute atomic E-state index is 2.79. The molecule has 6 aromatic rings. The zero-order valence-electron chi connectivity index (χ0n) is 28.4. The van der Waals surface area contributed by atoms with Gasteiger partial charge in [0.05, 0.1) is 0 Å². The molecule has 0 heterocycles. The first kappa shape index (κ1) is 36.4. The minimum atomic E-state index is -2.43. The average molecular weight is 799 g/mol. The van der Waals surface area contributed by atoms with E-state index in [4.69, 9.17) is 0 Å². The van der Waals surface area contributed by atoms with Crippen LogP contribution < -0.4 is 45.6 Å². The van der Waals surface area contributed by atoms with Crippen molar-refractivity contribution in [2.75, 3.05) is 0 Å². The van der Waals surface area contributed by atoms with Crippen molar-refractivity contribution >= 4 is 51.9 Å². The van der Waals surface area contributed by atoms with Crippen molar-refractivity contribution in [1.29, 1.82) is 0 Å². The molecule has 0 N–H and O–H groups in total. The molecule has 0 bridgehead atoms. The molecule has 2 aliphatic carbocycles. The number of halogens is 2. The summed E-state index contributed by atoms with van der Waals surface area (Å²) in [6, 6.07) is 64.3. The largest absolute Gasteiger partial charge is 1.00 e. The van der Waals surface area contributed by atoms with Crippen LogP contribution in [0.1, 0.15) is 43.4 Å². The van der Waals surface area contributed by atoms with E-state index in [1.165, 1.54) is 31.9 Å². The van der Waals surface area contributed by atoms with E-state index in [0.717, 1.165) is 0 Å². The standard InChI is InChI=1S/2C21H17Si.C3H6.2ClH.Zr/c2*1-3-10-18(11-4-1)22(19-12-5-2-6-13-19)21-16-15-17-9-7-8-14-20(17)21;1-3-2;;;/h2*1-16,22H;1-2H3;2*1H;/q;;;;;+2/p-2. The van der Waals surface area contributed by atoms with E-state index in [1.54, 1.807) is 24.7 Å². The Hall–Kier alpha value is -3.43. The van der Waals surface area contributed by atoms with Crippen molar-refractivity contribution in [2.45, 2.75) is 21.1 Å². The van der Waals surface area contributed by atoms with E-state index in [0.29, 0.717) is 7.25 Å². The Morgan fingerprint density at radius 2 is 0.680 bits per heavy atom. The first-order valence-corrected chi connectivity index (χ1v) is 24.7. The van der Waals surface area contributed by atoms with Crippen molar-refractivity contribution in [3.63, 3.8) is 0 Å². The summed E-state index contributed by atoms with van der Waals surface area (Å²) in [6.45, 7) is 4.93. The van der Waals surface area contributed by atoms with Crippen LogP contribution in [-0.2, 0) is 21.3 Å². The molecule has 2 atom stereocenters. The SMILES string of the molecule is C[C](C)=[Zr+2]([CH]1C=C([SiH](c2ccccc2)c2ccccc2)c2ccccc21)[CH]1C=C([SiH](c2ccccc2)c2ccccc2)c2ccccc21.[Cl-].[Cl-]. The first-order chi connectivity index (χ1) is 23.7. The topological polar surface area (TPSA) is 0 Å². The number of hydrogen-bond acceptors (Lipinski definition) is 0. The number of rotatable bonds is 8. The Bertz CT molecular complexity index is 1930. The molecule has 0 saturated heterocycles. The summed E-state index contributed by atoms with van der Waals surface area (Å²) in [4.78, 5) is 0. The molecule has 0 aromatic heterocycles. The molecule has 0 fully saturated rings. The third kappa shape index (κ3) is 6.92. The van der Waals surface area contributed by atoms with Gasteiger partial charge in [-0.3, -0.25) is 0 Å². The van der Waals surface area contributed by atoms with Crippen LogP contribution in [0.15, 0.2) is 182 Å². The fourth-order valence-corrected chi connectivity index (χ4v) is 24.5. The molecule has 5 heteroatoms. The predicted octanol–water partition coefficient (Wildman–Crippen LogP) is 1.26. The van der Waals surface area contributed by atoms with Gasteiger partial charge in [0.2, 0.25) is 0 Å². The van der Waals surface area contributed by atoms with Crippen molar-refractivity contribution in [3.8, 4) is 0 Å². The molecule has 2 unspecified atom stereocenters. The van der Waals surface area contributed by atoms with Crippen molar-refractivity contribution < 1.29 is 46.1 Å². The molecule has 0 spiro atoms. The number of allylic oxidation sites excluding steroid dienone is 2. The molecular formula is C45H40Cl2Si2Zr. The number of hydrogen-bond donors (Lipinski definition) is 0. The molecule has 8 rings (SSSR count). The zero-order chi connectivity index (χ0) is 32.5. The minimum absolute atomic E-state index is 0. The van der Waals surface area contributed by atoms with Gasteiger partial charge in [-0.25, -0.2) is 0 Å². The van der Waals surface area contributed by atoms with Gasteiger partial charge in [-0.2, -0.15) is 0 Å². The molecule has 0 radical (unpaired) electrons. The summed E-state index contributed by atoms with van der Waals surface area (Å²) in [6.07, 6.45) is 5.59. The van der Waals surface area contributed by atoms with Crippen LogP contribution >= 0.6 is 0 Å². The van der Waals surface area contributed by atoms with Gasteiger partial charge in [0.15, 0.2) is 0 Å². The van der Waals surface area contributed by atoms with Gasteiger partial charge in [-0.05, 0) is 0 Å². The van der Waals surface area contributed by atoms with Crippen LogP contribution in [0.4, 0.5) is 0 Å². The van der Waals surface area contributed by atoms with Gasteiger partial charge in [0.25, 0.3) is 0 Å².